The van der Waals surface area contributed by atoms with E-state index < -0.39 is 0 Å². The standard InChI is InChI=1S/C19H21N3O2S/c1-24-14-6-8-15(9-7-14)25-13-11-19(23)20-12-10-18-21-16-4-2-3-5-17(16)22-18/h2-9H,10-13H2,1H3,(H,20,23)(H,21,22). The maximum absolute atomic E-state index is 11.9. The van der Waals surface area contributed by atoms with Crippen molar-refractivity contribution in [3.05, 3.63) is 54.4 Å². The van der Waals surface area contributed by atoms with Crippen LogP contribution in [0, 0.1) is 0 Å². The van der Waals surface area contributed by atoms with E-state index >= 15 is 0 Å². The number of carbonyl (C=O) groups is 1. The monoisotopic (exact) mass is 355 g/mol. The number of ether oxygens (including phenoxy) is 1. The number of aromatic amines is 1. The Morgan fingerprint density at radius 2 is 2.00 bits per heavy atom. The molecule has 2 aromatic carbocycles. The minimum absolute atomic E-state index is 0.0668. The van der Waals surface area contributed by atoms with Crippen molar-refractivity contribution in [3.8, 4) is 5.75 Å². The summed E-state index contributed by atoms with van der Waals surface area (Å²) in [5.41, 5.74) is 1.99. The number of amides is 1. The van der Waals surface area contributed by atoms with E-state index in [0.717, 1.165) is 33.3 Å². The van der Waals surface area contributed by atoms with Gasteiger partial charge >= 0.3 is 0 Å². The summed E-state index contributed by atoms with van der Waals surface area (Å²) in [4.78, 5) is 20.8. The van der Waals surface area contributed by atoms with Crippen LogP contribution in [-0.4, -0.2) is 35.3 Å². The number of H-pyrrole nitrogens is 1. The van der Waals surface area contributed by atoms with E-state index in [1.54, 1.807) is 18.9 Å². The van der Waals surface area contributed by atoms with E-state index in [-0.39, 0.29) is 5.91 Å². The summed E-state index contributed by atoms with van der Waals surface area (Å²) in [5, 5.41) is 2.95. The van der Waals surface area contributed by atoms with Gasteiger partial charge in [0.05, 0.1) is 18.1 Å². The maximum atomic E-state index is 11.9. The molecule has 5 nitrogen and oxygen atoms in total. The molecule has 0 saturated heterocycles. The average molecular weight is 355 g/mol. The third-order valence-corrected chi connectivity index (χ3v) is 4.79. The van der Waals surface area contributed by atoms with Crippen LogP contribution in [0.25, 0.3) is 11.0 Å². The van der Waals surface area contributed by atoms with Gasteiger partial charge in [0.15, 0.2) is 0 Å². The molecule has 0 aliphatic rings. The van der Waals surface area contributed by atoms with Gasteiger partial charge in [-0.3, -0.25) is 4.79 Å². The number of nitrogens with zero attached hydrogens (tertiary/aromatic N) is 1. The van der Waals surface area contributed by atoms with Crippen molar-refractivity contribution in [1.82, 2.24) is 15.3 Å². The second-order valence-electron chi connectivity index (χ2n) is 5.57. The first-order valence-electron chi connectivity index (χ1n) is 8.22. The summed E-state index contributed by atoms with van der Waals surface area (Å²) in [6.45, 7) is 0.589. The highest BCUT2D eigenvalue weighted by atomic mass is 32.2. The third-order valence-electron chi connectivity index (χ3n) is 3.78. The Hall–Kier alpha value is -2.47. The zero-order valence-electron chi connectivity index (χ0n) is 14.1. The number of fused-ring (bicyclic) bond motifs is 1. The van der Waals surface area contributed by atoms with Crippen molar-refractivity contribution in [3.63, 3.8) is 0 Å². The SMILES string of the molecule is COc1ccc(SCCC(=O)NCCc2nc3ccccc3[nH]2)cc1. The molecule has 1 heterocycles. The first kappa shape index (κ1) is 17.4. The molecule has 0 saturated carbocycles. The molecule has 0 radical (unpaired) electrons. The van der Waals surface area contributed by atoms with Crippen LogP contribution in [0.15, 0.2) is 53.4 Å². The highest BCUT2D eigenvalue weighted by molar-refractivity contribution is 7.99. The quantitative estimate of drug-likeness (QED) is 0.608. The number of hydrogen-bond acceptors (Lipinski definition) is 4. The molecule has 0 aliphatic carbocycles. The van der Waals surface area contributed by atoms with E-state index in [2.05, 4.69) is 15.3 Å². The fourth-order valence-electron chi connectivity index (χ4n) is 2.47. The molecule has 0 bridgehead atoms. The first-order valence-corrected chi connectivity index (χ1v) is 9.20. The number of aromatic nitrogens is 2. The Bertz CT molecular complexity index is 797. The molecular formula is C19H21N3O2S. The van der Waals surface area contributed by atoms with Crippen molar-refractivity contribution in [2.45, 2.75) is 17.7 Å². The number of hydrogen-bond donors (Lipinski definition) is 2. The van der Waals surface area contributed by atoms with Gasteiger partial charge in [-0.05, 0) is 36.4 Å². The second kappa shape index (κ2) is 8.58. The number of thioether (sulfide) groups is 1. The van der Waals surface area contributed by atoms with Crippen LogP contribution in [0.5, 0.6) is 5.75 Å². The fraction of sp³-hybridized carbons (Fsp3) is 0.263. The zero-order chi connectivity index (χ0) is 17.5. The van der Waals surface area contributed by atoms with Crippen molar-refractivity contribution < 1.29 is 9.53 Å². The average Bonchev–Trinajstić information content (AvgIpc) is 3.05. The smallest absolute Gasteiger partial charge is 0.220 e. The van der Waals surface area contributed by atoms with Gasteiger partial charge in [0.2, 0.25) is 5.91 Å². The Kier molecular flexibility index (Phi) is 5.95. The number of benzene rings is 2. The lowest BCUT2D eigenvalue weighted by Crippen LogP contribution is -2.26. The number of imidazole rings is 1. The van der Waals surface area contributed by atoms with E-state index in [1.165, 1.54) is 0 Å². The molecule has 3 aromatic rings. The van der Waals surface area contributed by atoms with Gasteiger partial charge in [-0.1, -0.05) is 12.1 Å². The van der Waals surface area contributed by atoms with Gasteiger partial charge in [0.1, 0.15) is 11.6 Å². The number of para-hydroxylation sites is 2. The molecule has 1 amide bonds. The summed E-state index contributed by atoms with van der Waals surface area (Å²) in [6.07, 6.45) is 1.20. The van der Waals surface area contributed by atoms with E-state index in [9.17, 15) is 4.79 Å². The number of nitrogens with one attached hydrogen (secondary N) is 2. The van der Waals surface area contributed by atoms with Crippen LogP contribution in [0.4, 0.5) is 0 Å². The topological polar surface area (TPSA) is 67.0 Å². The van der Waals surface area contributed by atoms with Crippen LogP contribution < -0.4 is 10.1 Å². The van der Waals surface area contributed by atoms with E-state index in [0.29, 0.717) is 19.4 Å². The molecule has 0 aliphatic heterocycles. The summed E-state index contributed by atoms with van der Waals surface area (Å²) in [5.74, 6) is 2.56. The largest absolute Gasteiger partial charge is 0.497 e. The predicted octanol–water partition coefficient (Wildman–Crippen LogP) is 3.41. The highest BCUT2D eigenvalue weighted by Crippen LogP contribution is 2.21. The summed E-state index contributed by atoms with van der Waals surface area (Å²) in [6, 6.07) is 15.8. The normalized spacial score (nSPS) is 10.8. The minimum Gasteiger partial charge on any atom is -0.497 e. The van der Waals surface area contributed by atoms with Crippen molar-refractivity contribution in [1.29, 1.82) is 0 Å². The van der Waals surface area contributed by atoms with Gasteiger partial charge in [0, 0.05) is 30.0 Å². The van der Waals surface area contributed by atoms with Gasteiger partial charge in [0.25, 0.3) is 0 Å². The van der Waals surface area contributed by atoms with Crippen LogP contribution in [-0.2, 0) is 11.2 Å². The molecular weight excluding hydrogens is 334 g/mol. The zero-order valence-corrected chi connectivity index (χ0v) is 14.9. The molecule has 2 N–H and O–H groups in total. The molecule has 0 fully saturated rings. The van der Waals surface area contributed by atoms with Gasteiger partial charge in [-0.25, -0.2) is 4.98 Å². The summed E-state index contributed by atoms with van der Waals surface area (Å²) in [7, 11) is 1.65. The van der Waals surface area contributed by atoms with E-state index in [4.69, 9.17) is 4.74 Å². The summed E-state index contributed by atoms with van der Waals surface area (Å²) >= 11 is 1.67. The number of rotatable bonds is 8. The lowest BCUT2D eigenvalue weighted by atomic mass is 10.3. The van der Waals surface area contributed by atoms with Crippen LogP contribution in [0.3, 0.4) is 0 Å². The van der Waals surface area contributed by atoms with Crippen LogP contribution in [0.2, 0.25) is 0 Å². The van der Waals surface area contributed by atoms with Gasteiger partial charge in [-0.2, -0.15) is 0 Å². The molecule has 0 unspecified atom stereocenters. The van der Waals surface area contributed by atoms with E-state index in [1.807, 2.05) is 48.5 Å². The third kappa shape index (κ3) is 5.00. The van der Waals surface area contributed by atoms with Crippen molar-refractivity contribution in [2.75, 3.05) is 19.4 Å². The number of carbonyl (C=O) groups excluding carboxylic acids is 1. The predicted molar refractivity (Wildman–Crippen MR) is 101 cm³/mol. The Balaban J connectivity index is 1.36. The van der Waals surface area contributed by atoms with Gasteiger partial charge < -0.3 is 15.0 Å². The second-order valence-corrected chi connectivity index (χ2v) is 6.74. The molecule has 3 rings (SSSR count). The molecule has 0 atom stereocenters. The van der Waals surface area contributed by atoms with Crippen molar-refractivity contribution >= 4 is 28.7 Å². The van der Waals surface area contributed by atoms with Gasteiger partial charge in [-0.15, -0.1) is 11.8 Å². The lowest BCUT2D eigenvalue weighted by Gasteiger charge is -2.05. The summed E-state index contributed by atoms with van der Waals surface area (Å²) < 4.78 is 5.13. The molecule has 0 spiro atoms. The number of methoxy groups -OCH3 is 1. The van der Waals surface area contributed by atoms with Crippen LogP contribution >= 0.6 is 11.8 Å². The molecule has 130 valence electrons. The lowest BCUT2D eigenvalue weighted by molar-refractivity contribution is -0.120. The Morgan fingerprint density at radius 1 is 1.20 bits per heavy atom. The maximum Gasteiger partial charge on any atom is 0.220 e. The molecule has 25 heavy (non-hydrogen) atoms. The molecule has 6 heteroatoms. The Morgan fingerprint density at radius 3 is 2.76 bits per heavy atom. The highest BCUT2D eigenvalue weighted by Gasteiger charge is 2.05. The minimum atomic E-state index is 0.0668. The first-order chi connectivity index (χ1) is 12.2. The van der Waals surface area contributed by atoms with Crippen LogP contribution in [0.1, 0.15) is 12.2 Å². The molecule has 1 aromatic heterocycles. The fourth-order valence-corrected chi connectivity index (χ4v) is 3.32. The Labute approximate surface area is 151 Å². The van der Waals surface area contributed by atoms with Crippen molar-refractivity contribution in [2.24, 2.45) is 0 Å².